The highest BCUT2D eigenvalue weighted by Crippen LogP contribution is 2.03. The van der Waals surface area contributed by atoms with E-state index >= 15 is 0 Å². The van der Waals surface area contributed by atoms with E-state index in [9.17, 15) is 4.79 Å². The van der Waals surface area contributed by atoms with Crippen LogP contribution >= 0.6 is 0 Å². The maximum atomic E-state index is 11.8. The van der Waals surface area contributed by atoms with Gasteiger partial charge in [0, 0.05) is 32.3 Å². The van der Waals surface area contributed by atoms with Gasteiger partial charge in [-0.25, -0.2) is 0 Å². The van der Waals surface area contributed by atoms with Crippen LogP contribution in [0, 0.1) is 0 Å². The lowest BCUT2D eigenvalue weighted by atomic mass is 10.3. The Labute approximate surface area is 103 Å². The Morgan fingerprint density at radius 1 is 1.24 bits per heavy atom. The average Bonchev–Trinajstić information content (AvgIpc) is 2.55. The molecule has 0 aromatic heterocycles. The number of rotatable bonds is 4. The molecule has 0 unspecified atom stereocenters. The van der Waals surface area contributed by atoms with Gasteiger partial charge in [0.25, 0.3) is 0 Å². The highest BCUT2D eigenvalue weighted by atomic mass is 16.3. The molecule has 0 radical (unpaired) electrons. The third-order valence-electron chi connectivity index (χ3n) is 2.86. The van der Waals surface area contributed by atoms with Crippen LogP contribution in [0.5, 0.6) is 0 Å². The minimum Gasteiger partial charge on any atom is -0.395 e. The summed E-state index contributed by atoms with van der Waals surface area (Å²) in [6.07, 6.45) is 8.12. The van der Waals surface area contributed by atoms with E-state index in [-0.39, 0.29) is 12.5 Å². The van der Waals surface area contributed by atoms with E-state index in [1.165, 1.54) is 0 Å². The summed E-state index contributed by atoms with van der Waals surface area (Å²) in [7, 11) is 0. The standard InChI is InChI=1S/C13H22N2O2/c1-2-3-4-6-13(17)15-8-5-7-14(9-10-15)11-12-16/h2-4,6,16H,5,7-12H2,1H3. The van der Waals surface area contributed by atoms with Gasteiger partial charge in [-0.2, -0.15) is 0 Å². The molecule has 1 saturated heterocycles. The molecule has 0 saturated carbocycles. The minimum absolute atomic E-state index is 0.0777. The fourth-order valence-corrected chi connectivity index (χ4v) is 1.91. The summed E-state index contributed by atoms with van der Waals surface area (Å²) < 4.78 is 0. The molecule has 4 heteroatoms. The molecule has 4 nitrogen and oxygen atoms in total. The van der Waals surface area contributed by atoms with Crippen molar-refractivity contribution >= 4 is 5.91 Å². The molecule has 0 aromatic carbocycles. The Hall–Kier alpha value is -1.13. The minimum atomic E-state index is 0.0777. The van der Waals surface area contributed by atoms with Crippen LogP contribution in [-0.4, -0.2) is 60.1 Å². The normalized spacial score (nSPS) is 19.1. The van der Waals surface area contributed by atoms with Gasteiger partial charge in [0.1, 0.15) is 0 Å². The van der Waals surface area contributed by atoms with Crippen molar-refractivity contribution in [2.75, 3.05) is 39.3 Å². The molecule has 1 amide bonds. The molecule has 0 spiro atoms. The molecular formula is C13H22N2O2. The molecule has 0 atom stereocenters. The van der Waals surface area contributed by atoms with Crippen LogP contribution in [0.25, 0.3) is 0 Å². The van der Waals surface area contributed by atoms with E-state index in [1.54, 1.807) is 12.2 Å². The number of β-amino-alcohol motifs (C(OH)–C–C–N with tert-alkyl or cyclic N) is 1. The lowest BCUT2D eigenvalue weighted by molar-refractivity contribution is -0.125. The van der Waals surface area contributed by atoms with Crippen LogP contribution in [0.3, 0.4) is 0 Å². The largest absolute Gasteiger partial charge is 0.395 e. The summed E-state index contributed by atoms with van der Waals surface area (Å²) in [6.45, 7) is 6.19. The summed E-state index contributed by atoms with van der Waals surface area (Å²) in [5, 5.41) is 8.89. The van der Waals surface area contributed by atoms with Crippen molar-refractivity contribution in [1.82, 2.24) is 9.80 Å². The Morgan fingerprint density at radius 2 is 2.06 bits per heavy atom. The Morgan fingerprint density at radius 3 is 2.76 bits per heavy atom. The highest BCUT2D eigenvalue weighted by molar-refractivity contribution is 5.87. The zero-order valence-corrected chi connectivity index (χ0v) is 10.5. The Bertz CT molecular complexity index is 287. The van der Waals surface area contributed by atoms with Gasteiger partial charge >= 0.3 is 0 Å². The van der Waals surface area contributed by atoms with Crippen molar-refractivity contribution in [3.8, 4) is 0 Å². The monoisotopic (exact) mass is 238 g/mol. The number of aliphatic hydroxyl groups excluding tert-OH is 1. The SMILES string of the molecule is CC=CC=CC(=O)N1CCCN(CCO)CC1. The van der Waals surface area contributed by atoms with Gasteiger partial charge in [0.15, 0.2) is 0 Å². The highest BCUT2D eigenvalue weighted by Gasteiger charge is 2.16. The smallest absolute Gasteiger partial charge is 0.246 e. The first-order chi connectivity index (χ1) is 8.27. The van der Waals surface area contributed by atoms with Crippen molar-refractivity contribution in [3.63, 3.8) is 0 Å². The second kappa shape index (κ2) is 8.03. The lowest BCUT2D eigenvalue weighted by Crippen LogP contribution is -2.35. The van der Waals surface area contributed by atoms with Gasteiger partial charge in [-0.15, -0.1) is 0 Å². The number of hydrogen-bond acceptors (Lipinski definition) is 3. The van der Waals surface area contributed by atoms with Gasteiger partial charge in [0.05, 0.1) is 6.61 Å². The van der Waals surface area contributed by atoms with Gasteiger partial charge in [-0.3, -0.25) is 9.69 Å². The number of aliphatic hydroxyl groups is 1. The first-order valence-electron chi connectivity index (χ1n) is 6.19. The fraction of sp³-hybridized carbons (Fsp3) is 0.615. The number of carbonyl (C=O) groups excluding carboxylic acids is 1. The van der Waals surface area contributed by atoms with Crippen molar-refractivity contribution in [2.24, 2.45) is 0 Å². The van der Waals surface area contributed by atoms with E-state index in [2.05, 4.69) is 4.90 Å². The van der Waals surface area contributed by atoms with E-state index < -0.39 is 0 Å². The van der Waals surface area contributed by atoms with E-state index in [1.807, 2.05) is 24.0 Å². The first-order valence-corrected chi connectivity index (χ1v) is 6.19. The molecule has 0 aliphatic carbocycles. The summed E-state index contributed by atoms with van der Waals surface area (Å²) in [4.78, 5) is 15.9. The lowest BCUT2D eigenvalue weighted by Gasteiger charge is -2.20. The van der Waals surface area contributed by atoms with Crippen LogP contribution < -0.4 is 0 Å². The zero-order valence-electron chi connectivity index (χ0n) is 10.5. The van der Waals surface area contributed by atoms with Crippen molar-refractivity contribution in [2.45, 2.75) is 13.3 Å². The zero-order chi connectivity index (χ0) is 12.5. The number of carbonyl (C=O) groups is 1. The van der Waals surface area contributed by atoms with Crippen LogP contribution in [0.4, 0.5) is 0 Å². The summed E-state index contributed by atoms with van der Waals surface area (Å²) in [5.74, 6) is 0.0777. The molecule has 1 fully saturated rings. The molecule has 1 aliphatic heterocycles. The molecule has 96 valence electrons. The number of hydrogen-bond donors (Lipinski definition) is 1. The molecule has 1 heterocycles. The van der Waals surface area contributed by atoms with Crippen molar-refractivity contribution in [3.05, 3.63) is 24.3 Å². The van der Waals surface area contributed by atoms with E-state index in [0.717, 1.165) is 32.6 Å². The third kappa shape index (κ3) is 5.15. The molecule has 1 N–H and O–H groups in total. The van der Waals surface area contributed by atoms with Gasteiger partial charge in [0.2, 0.25) is 5.91 Å². The molecule has 1 aliphatic rings. The van der Waals surface area contributed by atoms with Crippen molar-refractivity contribution in [1.29, 1.82) is 0 Å². The molecule has 17 heavy (non-hydrogen) atoms. The predicted molar refractivity (Wildman–Crippen MR) is 68.7 cm³/mol. The fourth-order valence-electron chi connectivity index (χ4n) is 1.91. The molecular weight excluding hydrogens is 216 g/mol. The second-order valence-corrected chi connectivity index (χ2v) is 4.13. The molecule has 1 rings (SSSR count). The summed E-state index contributed by atoms with van der Waals surface area (Å²) >= 11 is 0. The summed E-state index contributed by atoms with van der Waals surface area (Å²) in [5.41, 5.74) is 0. The van der Waals surface area contributed by atoms with Gasteiger partial charge in [-0.1, -0.05) is 18.2 Å². The topological polar surface area (TPSA) is 43.8 Å². The summed E-state index contributed by atoms with van der Waals surface area (Å²) in [6, 6.07) is 0. The predicted octanol–water partition coefficient (Wildman–Crippen LogP) is 0.645. The number of allylic oxidation sites excluding steroid dienone is 3. The maximum absolute atomic E-state index is 11.8. The van der Waals surface area contributed by atoms with Gasteiger partial charge < -0.3 is 10.0 Å². The number of nitrogens with zero attached hydrogens (tertiary/aromatic N) is 2. The van der Waals surface area contributed by atoms with E-state index in [4.69, 9.17) is 5.11 Å². The van der Waals surface area contributed by atoms with Crippen molar-refractivity contribution < 1.29 is 9.90 Å². The van der Waals surface area contributed by atoms with Crippen LogP contribution in [0.15, 0.2) is 24.3 Å². The Balaban J connectivity index is 2.42. The van der Waals surface area contributed by atoms with Crippen LogP contribution in [0.1, 0.15) is 13.3 Å². The Kier molecular flexibility index (Phi) is 6.58. The van der Waals surface area contributed by atoms with E-state index in [0.29, 0.717) is 6.54 Å². The van der Waals surface area contributed by atoms with Crippen LogP contribution in [0.2, 0.25) is 0 Å². The van der Waals surface area contributed by atoms with Crippen LogP contribution in [-0.2, 0) is 4.79 Å². The average molecular weight is 238 g/mol. The second-order valence-electron chi connectivity index (χ2n) is 4.13. The third-order valence-corrected chi connectivity index (χ3v) is 2.86. The first kappa shape index (κ1) is 13.9. The van der Waals surface area contributed by atoms with Gasteiger partial charge in [-0.05, 0) is 19.9 Å². The maximum Gasteiger partial charge on any atom is 0.246 e. The molecule has 0 aromatic rings. The molecule has 0 bridgehead atoms. The number of amides is 1. The quantitative estimate of drug-likeness (QED) is 0.577.